The summed E-state index contributed by atoms with van der Waals surface area (Å²) in [5.74, 6) is 0. The van der Waals surface area contributed by atoms with E-state index in [9.17, 15) is 4.79 Å². The Balaban J connectivity index is 1.79. The second kappa shape index (κ2) is 3.99. The molecule has 0 unspecified atom stereocenters. The molecule has 84 valence electrons. The minimum Gasteiger partial charge on any atom is -0.312 e. The molecule has 3 rings (SSSR count). The Kier molecular flexibility index (Phi) is 2.49. The number of thiophene rings is 1. The second-order valence-electron chi connectivity index (χ2n) is 4.11. The Morgan fingerprint density at radius 2 is 2.44 bits per heavy atom. The van der Waals surface area contributed by atoms with Gasteiger partial charge in [-0.3, -0.25) is 9.36 Å². The van der Waals surface area contributed by atoms with Crippen molar-refractivity contribution in [1.29, 1.82) is 0 Å². The maximum Gasteiger partial charge on any atom is 0.271 e. The fraction of sp³-hybridized carbons (Fsp3) is 0.455. The van der Waals surface area contributed by atoms with Gasteiger partial charge in [-0.15, -0.1) is 11.3 Å². The molecule has 5 heteroatoms. The van der Waals surface area contributed by atoms with E-state index in [2.05, 4.69) is 10.3 Å². The van der Waals surface area contributed by atoms with E-state index in [0.29, 0.717) is 12.6 Å². The molecule has 1 fully saturated rings. The molecule has 0 amide bonds. The zero-order valence-electron chi connectivity index (χ0n) is 8.85. The van der Waals surface area contributed by atoms with Crippen molar-refractivity contribution in [3.63, 3.8) is 0 Å². The monoisotopic (exact) mass is 235 g/mol. The minimum absolute atomic E-state index is 0.0811. The van der Waals surface area contributed by atoms with Crippen LogP contribution in [0.4, 0.5) is 0 Å². The highest BCUT2D eigenvalue weighted by Crippen LogP contribution is 2.18. The average molecular weight is 235 g/mol. The zero-order chi connectivity index (χ0) is 11.0. The normalized spacial score (nSPS) is 15.8. The molecule has 1 aliphatic rings. The first kappa shape index (κ1) is 9.99. The minimum atomic E-state index is 0.0811. The third-order valence-corrected chi connectivity index (χ3v) is 3.69. The maximum atomic E-state index is 12.0. The van der Waals surface area contributed by atoms with Gasteiger partial charge in [0.2, 0.25) is 0 Å². The molecular weight excluding hydrogens is 222 g/mol. The van der Waals surface area contributed by atoms with Crippen LogP contribution in [-0.4, -0.2) is 22.1 Å². The molecule has 0 aromatic carbocycles. The fourth-order valence-corrected chi connectivity index (χ4v) is 2.51. The first-order chi connectivity index (χ1) is 7.84. The molecule has 0 radical (unpaired) electrons. The zero-order valence-corrected chi connectivity index (χ0v) is 9.67. The standard InChI is InChI=1S/C11H13N3OS/c15-11-10-9(3-6-16-10)13-7-14(11)5-4-12-8-1-2-8/h3,6-8,12H,1-2,4-5H2. The number of nitrogens with one attached hydrogen (secondary N) is 1. The van der Waals surface area contributed by atoms with Crippen LogP contribution >= 0.6 is 11.3 Å². The van der Waals surface area contributed by atoms with Gasteiger partial charge in [0.25, 0.3) is 5.56 Å². The van der Waals surface area contributed by atoms with E-state index < -0.39 is 0 Å². The Morgan fingerprint density at radius 1 is 1.56 bits per heavy atom. The van der Waals surface area contributed by atoms with E-state index in [0.717, 1.165) is 16.8 Å². The third-order valence-electron chi connectivity index (χ3n) is 2.80. The molecule has 0 spiro atoms. The van der Waals surface area contributed by atoms with Crippen molar-refractivity contribution < 1.29 is 0 Å². The van der Waals surface area contributed by atoms with Crippen LogP contribution < -0.4 is 10.9 Å². The summed E-state index contributed by atoms with van der Waals surface area (Å²) in [5.41, 5.74) is 0.888. The molecule has 1 saturated carbocycles. The highest BCUT2D eigenvalue weighted by atomic mass is 32.1. The van der Waals surface area contributed by atoms with E-state index in [-0.39, 0.29) is 5.56 Å². The molecule has 2 aromatic heterocycles. The quantitative estimate of drug-likeness (QED) is 0.866. The van der Waals surface area contributed by atoms with E-state index >= 15 is 0 Å². The van der Waals surface area contributed by atoms with Crippen LogP contribution in [0.3, 0.4) is 0 Å². The van der Waals surface area contributed by atoms with Crippen molar-refractivity contribution in [3.05, 3.63) is 28.1 Å². The molecule has 2 heterocycles. The summed E-state index contributed by atoms with van der Waals surface area (Å²) in [7, 11) is 0. The Labute approximate surface area is 96.9 Å². The number of hydrogen-bond donors (Lipinski definition) is 1. The molecule has 1 aliphatic carbocycles. The Bertz CT molecular complexity index is 556. The van der Waals surface area contributed by atoms with Gasteiger partial charge in [0, 0.05) is 19.1 Å². The second-order valence-corrected chi connectivity index (χ2v) is 5.02. The largest absolute Gasteiger partial charge is 0.312 e. The van der Waals surface area contributed by atoms with E-state index in [4.69, 9.17) is 0 Å². The lowest BCUT2D eigenvalue weighted by molar-refractivity contribution is 0.580. The van der Waals surface area contributed by atoms with E-state index in [1.807, 2.05) is 11.4 Å². The van der Waals surface area contributed by atoms with Crippen LogP contribution in [0, 0.1) is 0 Å². The van der Waals surface area contributed by atoms with Gasteiger partial charge in [-0.2, -0.15) is 0 Å². The summed E-state index contributed by atoms with van der Waals surface area (Å²) in [4.78, 5) is 16.2. The topological polar surface area (TPSA) is 46.9 Å². The van der Waals surface area contributed by atoms with Gasteiger partial charge in [-0.25, -0.2) is 4.98 Å². The lowest BCUT2D eigenvalue weighted by atomic mass is 10.4. The Hall–Kier alpha value is -1.20. The molecule has 4 nitrogen and oxygen atoms in total. The SMILES string of the molecule is O=c1c2sccc2ncn1CCNC1CC1. The highest BCUT2D eigenvalue weighted by Gasteiger charge is 2.19. The fourth-order valence-electron chi connectivity index (χ4n) is 1.71. The number of aromatic nitrogens is 2. The van der Waals surface area contributed by atoms with E-state index in [1.165, 1.54) is 24.2 Å². The van der Waals surface area contributed by atoms with Crippen LogP contribution in [0.1, 0.15) is 12.8 Å². The van der Waals surface area contributed by atoms with Crippen LogP contribution in [0.15, 0.2) is 22.6 Å². The summed E-state index contributed by atoms with van der Waals surface area (Å²) in [5, 5.41) is 5.30. The number of fused-ring (bicyclic) bond motifs is 1. The van der Waals surface area contributed by atoms with Crippen molar-refractivity contribution in [2.45, 2.75) is 25.4 Å². The third kappa shape index (κ3) is 1.88. The molecule has 0 bridgehead atoms. The summed E-state index contributed by atoms with van der Waals surface area (Å²) in [6, 6.07) is 2.57. The van der Waals surface area contributed by atoms with Crippen molar-refractivity contribution in [3.8, 4) is 0 Å². The number of hydrogen-bond acceptors (Lipinski definition) is 4. The predicted octanol–water partition coefficient (Wildman–Crippen LogP) is 1.21. The van der Waals surface area contributed by atoms with Crippen LogP contribution in [0.2, 0.25) is 0 Å². The lowest BCUT2D eigenvalue weighted by Crippen LogP contribution is -2.27. The molecular formula is C11H13N3OS. The van der Waals surface area contributed by atoms with Gasteiger partial charge in [-0.05, 0) is 24.3 Å². The molecule has 2 aromatic rings. The highest BCUT2D eigenvalue weighted by molar-refractivity contribution is 7.17. The van der Waals surface area contributed by atoms with Gasteiger partial charge in [-0.1, -0.05) is 0 Å². The van der Waals surface area contributed by atoms with Gasteiger partial charge < -0.3 is 5.32 Å². The van der Waals surface area contributed by atoms with Crippen LogP contribution in [0.5, 0.6) is 0 Å². The maximum absolute atomic E-state index is 12.0. The van der Waals surface area contributed by atoms with Crippen LogP contribution in [-0.2, 0) is 6.54 Å². The van der Waals surface area contributed by atoms with Gasteiger partial charge in [0.1, 0.15) is 4.70 Å². The van der Waals surface area contributed by atoms with Crippen LogP contribution in [0.25, 0.3) is 10.2 Å². The van der Waals surface area contributed by atoms with Crippen molar-refractivity contribution >= 4 is 21.6 Å². The van der Waals surface area contributed by atoms with Crippen molar-refractivity contribution in [2.24, 2.45) is 0 Å². The van der Waals surface area contributed by atoms with Gasteiger partial charge >= 0.3 is 0 Å². The smallest absolute Gasteiger partial charge is 0.271 e. The first-order valence-electron chi connectivity index (χ1n) is 5.50. The van der Waals surface area contributed by atoms with Gasteiger partial charge in [0.15, 0.2) is 0 Å². The summed E-state index contributed by atoms with van der Waals surface area (Å²) in [6.45, 7) is 1.55. The first-order valence-corrected chi connectivity index (χ1v) is 6.38. The number of nitrogens with zero attached hydrogens (tertiary/aromatic N) is 2. The molecule has 0 aliphatic heterocycles. The predicted molar refractivity (Wildman–Crippen MR) is 64.9 cm³/mol. The van der Waals surface area contributed by atoms with Crippen molar-refractivity contribution in [2.75, 3.05) is 6.54 Å². The molecule has 0 saturated heterocycles. The number of rotatable bonds is 4. The van der Waals surface area contributed by atoms with Gasteiger partial charge in [0.05, 0.1) is 11.8 Å². The molecule has 1 N–H and O–H groups in total. The van der Waals surface area contributed by atoms with E-state index in [1.54, 1.807) is 10.9 Å². The lowest BCUT2D eigenvalue weighted by Gasteiger charge is -2.05. The summed E-state index contributed by atoms with van der Waals surface area (Å²) < 4.78 is 2.45. The Morgan fingerprint density at radius 3 is 3.25 bits per heavy atom. The summed E-state index contributed by atoms with van der Waals surface area (Å²) in [6.07, 6.45) is 4.19. The molecule has 0 atom stereocenters. The average Bonchev–Trinajstić information content (AvgIpc) is 2.97. The van der Waals surface area contributed by atoms with Crippen molar-refractivity contribution in [1.82, 2.24) is 14.9 Å². The summed E-state index contributed by atoms with van der Waals surface area (Å²) >= 11 is 1.46. The molecule has 16 heavy (non-hydrogen) atoms.